The summed E-state index contributed by atoms with van der Waals surface area (Å²) in [4.78, 5) is 16.2. The fraction of sp³-hybridized carbons (Fsp3) is 0.154. The van der Waals surface area contributed by atoms with Crippen molar-refractivity contribution in [3.63, 3.8) is 0 Å². The molecule has 0 aliphatic carbocycles. The van der Waals surface area contributed by atoms with Crippen molar-refractivity contribution >= 4 is 17.4 Å². The molecule has 0 atom stereocenters. The number of anilines is 1. The monoisotopic (exact) mass is 327 g/mol. The second-order valence-corrected chi connectivity index (χ2v) is 4.79. The van der Waals surface area contributed by atoms with Crippen molar-refractivity contribution in [1.82, 2.24) is 35.7 Å². The van der Waals surface area contributed by atoms with Crippen molar-refractivity contribution in [3.05, 3.63) is 41.5 Å². The molecule has 24 heavy (non-hydrogen) atoms. The van der Waals surface area contributed by atoms with Crippen molar-refractivity contribution in [1.29, 1.82) is 0 Å². The zero-order chi connectivity index (χ0) is 17.1. The zero-order valence-corrected chi connectivity index (χ0v) is 12.8. The maximum absolute atomic E-state index is 12.2. The number of hydrogen-bond donors (Lipinski definition) is 2. The van der Waals surface area contributed by atoms with Crippen LogP contribution in [-0.2, 0) is 0 Å². The lowest BCUT2D eigenvalue weighted by Crippen LogP contribution is -2.21. The van der Waals surface area contributed by atoms with Gasteiger partial charge < -0.3 is 5.73 Å². The third-order valence-corrected chi connectivity index (χ3v) is 3.21. The molecule has 3 aromatic heterocycles. The Kier molecular flexibility index (Phi) is 3.97. The summed E-state index contributed by atoms with van der Waals surface area (Å²) in [5.41, 5.74) is 9.93. The Morgan fingerprint density at radius 2 is 2.25 bits per heavy atom. The van der Waals surface area contributed by atoms with Crippen LogP contribution in [0.25, 0.3) is 5.82 Å². The highest BCUT2D eigenvalue weighted by atomic mass is 16.6. The van der Waals surface area contributed by atoms with Crippen LogP contribution in [0.15, 0.2) is 34.3 Å². The van der Waals surface area contributed by atoms with Gasteiger partial charge in [-0.15, -0.1) is 5.10 Å². The van der Waals surface area contributed by atoms with Gasteiger partial charge in [-0.3, -0.25) is 9.78 Å². The van der Waals surface area contributed by atoms with E-state index in [0.717, 1.165) is 5.56 Å². The second kappa shape index (κ2) is 6.24. The van der Waals surface area contributed by atoms with Crippen molar-refractivity contribution in [2.24, 2.45) is 5.10 Å². The maximum Gasteiger partial charge on any atom is 0.293 e. The first-order valence-electron chi connectivity index (χ1n) is 6.83. The fourth-order valence-corrected chi connectivity index (χ4v) is 1.91. The Morgan fingerprint density at radius 1 is 1.42 bits per heavy atom. The minimum atomic E-state index is -0.517. The van der Waals surface area contributed by atoms with E-state index in [1.54, 1.807) is 32.3 Å². The van der Waals surface area contributed by atoms with Gasteiger partial charge in [-0.2, -0.15) is 9.78 Å². The van der Waals surface area contributed by atoms with Gasteiger partial charge in [-0.05, 0) is 30.2 Å². The summed E-state index contributed by atoms with van der Waals surface area (Å²) < 4.78 is 5.77. The number of nitrogens with two attached hydrogens (primary N) is 1. The van der Waals surface area contributed by atoms with Crippen LogP contribution >= 0.6 is 0 Å². The molecule has 0 unspecified atom stereocenters. The largest absolute Gasteiger partial charge is 0.378 e. The Morgan fingerprint density at radius 3 is 2.92 bits per heavy atom. The molecule has 3 heterocycles. The molecule has 0 aliphatic rings. The number of amides is 1. The van der Waals surface area contributed by atoms with Gasteiger partial charge in [0.25, 0.3) is 5.91 Å². The van der Waals surface area contributed by atoms with Crippen molar-refractivity contribution < 1.29 is 9.42 Å². The zero-order valence-electron chi connectivity index (χ0n) is 12.8. The van der Waals surface area contributed by atoms with Crippen LogP contribution in [0, 0.1) is 6.92 Å². The molecule has 122 valence electrons. The van der Waals surface area contributed by atoms with E-state index in [4.69, 9.17) is 5.73 Å². The Balaban J connectivity index is 1.79. The maximum atomic E-state index is 12.2. The Bertz CT molecular complexity index is 897. The first kappa shape index (κ1) is 15.3. The van der Waals surface area contributed by atoms with E-state index < -0.39 is 5.91 Å². The van der Waals surface area contributed by atoms with Gasteiger partial charge in [0.1, 0.15) is 0 Å². The number of carbonyl (C=O) groups is 1. The SMILES string of the molecule is C/C(=N/NC(=O)c1nnn(-c2nonc2N)c1C)c1cccnc1. The van der Waals surface area contributed by atoms with Crippen LogP contribution in [-0.4, -0.2) is 41.9 Å². The summed E-state index contributed by atoms with van der Waals surface area (Å²) in [6, 6.07) is 3.61. The van der Waals surface area contributed by atoms with Crippen molar-refractivity contribution in [2.75, 3.05) is 5.73 Å². The lowest BCUT2D eigenvalue weighted by atomic mass is 10.2. The van der Waals surface area contributed by atoms with E-state index in [9.17, 15) is 4.79 Å². The number of hydrazone groups is 1. The highest BCUT2D eigenvalue weighted by Crippen LogP contribution is 2.14. The smallest absolute Gasteiger partial charge is 0.293 e. The van der Waals surface area contributed by atoms with Crippen LogP contribution < -0.4 is 11.2 Å². The van der Waals surface area contributed by atoms with Gasteiger partial charge in [0.05, 0.1) is 11.4 Å². The van der Waals surface area contributed by atoms with Crippen molar-refractivity contribution in [2.45, 2.75) is 13.8 Å². The highest BCUT2D eigenvalue weighted by Gasteiger charge is 2.20. The number of aromatic nitrogens is 6. The van der Waals surface area contributed by atoms with Crippen molar-refractivity contribution in [3.8, 4) is 5.82 Å². The molecule has 0 aromatic carbocycles. The lowest BCUT2D eigenvalue weighted by Gasteiger charge is -2.02. The number of nitrogens with one attached hydrogen (secondary N) is 1. The minimum absolute atomic E-state index is 0.0420. The molecule has 0 saturated carbocycles. The number of carbonyl (C=O) groups excluding carboxylic acids is 1. The summed E-state index contributed by atoms with van der Waals surface area (Å²) in [6.07, 6.45) is 3.30. The number of rotatable bonds is 4. The first-order chi connectivity index (χ1) is 11.6. The Hall–Kier alpha value is -3.63. The predicted molar refractivity (Wildman–Crippen MR) is 82.3 cm³/mol. The fourth-order valence-electron chi connectivity index (χ4n) is 1.91. The predicted octanol–water partition coefficient (Wildman–Crippen LogP) is 0.0899. The van der Waals surface area contributed by atoms with Crippen LogP contribution in [0.1, 0.15) is 28.7 Å². The molecule has 0 bridgehead atoms. The molecule has 1 amide bonds. The summed E-state index contributed by atoms with van der Waals surface area (Å²) in [5, 5.41) is 18.8. The molecular formula is C13H13N9O2. The molecule has 11 nitrogen and oxygen atoms in total. The molecular weight excluding hydrogens is 314 g/mol. The molecule has 0 spiro atoms. The number of pyridine rings is 1. The van der Waals surface area contributed by atoms with E-state index >= 15 is 0 Å². The van der Waals surface area contributed by atoms with E-state index in [0.29, 0.717) is 11.4 Å². The topological polar surface area (TPSA) is 150 Å². The van der Waals surface area contributed by atoms with Gasteiger partial charge in [0.15, 0.2) is 5.69 Å². The molecule has 0 aliphatic heterocycles. The van der Waals surface area contributed by atoms with E-state index in [1.807, 2.05) is 6.07 Å². The summed E-state index contributed by atoms with van der Waals surface area (Å²) in [5.74, 6) is -0.313. The van der Waals surface area contributed by atoms with Gasteiger partial charge in [0, 0.05) is 18.0 Å². The molecule has 3 rings (SSSR count). The van der Waals surface area contributed by atoms with Crippen LogP contribution in [0.2, 0.25) is 0 Å². The summed E-state index contributed by atoms with van der Waals surface area (Å²) in [7, 11) is 0. The number of nitrogens with zero attached hydrogens (tertiary/aromatic N) is 7. The standard InChI is InChI=1S/C13H13N9O2/c1-7(9-4-3-5-15-6-9)16-18-13(23)10-8(2)22(21-17-10)12-11(14)19-24-20-12/h3-6H,1-2H3,(H2,14,19)(H,18,23)/b16-7-. The van der Waals surface area contributed by atoms with Crippen LogP contribution in [0.5, 0.6) is 0 Å². The second-order valence-electron chi connectivity index (χ2n) is 4.79. The molecule has 3 aromatic rings. The van der Waals surface area contributed by atoms with Crippen LogP contribution in [0.4, 0.5) is 5.82 Å². The third kappa shape index (κ3) is 2.82. The van der Waals surface area contributed by atoms with E-state index in [2.05, 4.69) is 40.8 Å². The summed E-state index contributed by atoms with van der Waals surface area (Å²) in [6.45, 7) is 3.39. The number of nitrogen functional groups attached to an aromatic ring is 1. The summed E-state index contributed by atoms with van der Waals surface area (Å²) >= 11 is 0. The first-order valence-corrected chi connectivity index (χ1v) is 6.83. The van der Waals surface area contributed by atoms with Gasteiger partial charge >= 0.3 is 0 Å². The molecule has 0 radical (unpaired) electrons. The van der Waals surface area contributed by atoms with Gasteiger partial charge in [-0.1, -0.05) is 11.3 Å². The van der Waals surface area contributed by atoms with Gasteiger partial charge in [-0.25, -0.2) is 10.1 Å². The van der Waals surface area contributed by atoms with Crippen LogP contribution in [0.3, 0.4) is 0 Å². The minimum Gasteiger partial charge on any atom is -0.378 e. The molecule has 3 N–H and O–H groups in total. The quantitative estimate of drug-likeness (QED) is 0.505. The average Bonchev–Trinajstić information content (AvgIpc) is 3.18. The molecule has 0 saturated heterocycles. The van der Waals surface area contributed by atoms with E-state index in [1.165, 1.54) is 4.68 Å². The normalized spacial score (nSPS) is 11.5. The van der Waals surface area contributed by atoms with Gasteiger partial charge in [0.2, 0.25) is 11.6 Å². The average molecular weight is 327 g/mol. The van der Waals surface area contributed by atoms with E-state index in [-0.39, 0.29) is 17.3 Å². The molecule has 0 fully saturated rings. The number of hydrogen-bond acceptors (Lipinski definition) is 9. The Labute approximate surface area is 135 Å². The highest BCUT2D eigenvalue weighted by molar-refractivity contribution is 6.00. The third-order valence-electron chi connectivity index (χ3n) is 3.21. The lowest BCUT2D eigenvalue weighted by molar-refractivity contribution is 0.0949. The molecule has 11 heteroatoms.